The topological polar surface area (TPSA) is 75.3 Å². The molecule has 0 saturated carbocycles. The predicted molar refractivity (Wildman–Crippen MR) is 70.0 cm³/mol. The number of benzene rings is 2. The summed E-state index contributed by atoms with van der Waals surface area (Å²) >= 11 is 0. The molecule has 0 atom stereocenters. The summed E-state index contributed by atoms with van der Waals surface area (Å²) in [6.07, 6.45) is 0. The molecule has 0 spiro atoms. The molecular weight excluding hydrogens is 285 g/mol. The van der Waals surface area contributed by atoms with Crippen molar-refractivity contribution >= 4 is 11.6 Å². The molecule has 0 saturated heterocycles. The van der Waals surface area contributed by atoms with Crippen LogP contribution in [0.2, 0.25) is 0 Å². The van der Waals surface area contributed by atoms with E-state index in [1.54, 1.807) is 0 Å². The van der Waals surface area contributed by atoms with Crippen molar-refractivity contribution in [3.63, 3.8) is 0 Å². The number of nitrogens with one attached hydrogen (secondary N) is 1. The maximum absolute atomic E-state index is 13.0. The molecule has 21 heavy (non-hydrogen) atoms. The van der Waals surface area contributed by atoms with E-state index in [0.29, 0.717) is 23.4 Å². The Labute approximate surface area is 118 Å². The van der Waals surface area contributed by atoms with Crippen molar-refractivity contribution in [2.24, 2.45) is 0 Å². The third-order valence-electron chi connectivity index (χ3n) is 2.79. The van der Waals surface area contributed by atoms with E-state index in [2.05, 4.69) is 5.32 Å². The van der Waals surface area contributed by atoms with E-state index in [-0.39, 0.29) is 17.9 Å². The number of phenols is 1. The number of phenolic OH excluding ortho intramolecular Hbond substituents is 1. The summed E-state index contributed by atoms with van der Waals surface area (Å²) < 4.78 is 38.9. The third kappa shape index (κ3) is 3.25. The van der Waals surface area contributed by atoms with E-state index < -0.39 is 23.4 Å². The van der Waals surface area contributed by atoms with E-state index in [0.717, 1.165) is 0 Å². The fourth-order valence-corrected chi connectivity index (χ4v) is 1.71. The lowest BCUT2D eigenvalue weighted by atomic mass is 10.1. The number of carbonyl (C=O) groups is 1. The van der Waals surface area contributed by atoms with Crippen molar-refractivity contribution in [3.05, 3.63) is 58.9 Å². The van der Waals surface area contributed by atoms with Gasteiger partial charge in [0.15, 0.2) is 17.5 Å². The Morgan fingerprint density at radius 2 is 1.76 bits per heavy atom. The molecule has 0 radical (unpaired) electrons. The number of hydrogen-bond acceptors (Lipinski definition) is 3. The molecule has 2 rings (SSSR count). The maximum Gasteiger partial charge on any atom is 0.251 e. The molecule has 0 aliphatic carbocycles. The summed E-state index contributed by atoms with van der Waals surface area (Å²) in [5.41, 5.74) is 5.90. The molecule has 0 fully saturated rings. The van der Waals surface area contributed by atoms with Crippen LogP contribution in [-0.2, 0) is 6.54 Å². The van der Waals surface area contributed by atoms with Crippen LogP contribution in [0.3, 0.4) is 0 Å². The quantitative estimate of drug-likeness (QED) is 0.462. The first-order chi connectivity index (χ1) is 9.88. The monoisotopic (exact) mass is 296 g/mol. The highest BCUT2D eigenvalue weighted by Crippen LogP contribution is 2.19. The van der Waals surface area contributed by atoms with Crippen LogP contribution in [-0.4, -0.2) is 11.0 Å². The van der Waals surface area contributed by atoms with Gasteiger partial charge < -0.3 is 16.2 Å². The second-order valence-electron chi connectivity index (χ2n) is 4.32. The van der Waals surface area contributed by atoms with Gasteiger partial charge in [-0.1, -0.05) is 0 Å². The molecule has 110 valence electrons. The average molecular weight is 296 g/mol. The van der Waals surface area contributed by atoms with E-state index in [1.165, 1.54) is 18.2 Å². The second-order valence-corrected chi connectivity index (χ2v) is 4.32. The largest absolute Gasteiger partial charge is 0.508 e. The average Bonchev–Trinajstić information content (AvgIpc) is 2.44. The lowest BCUT2D eigenvalue weighted by molar-refractivity contribution is 0.0949. The van der Waals surface area contributed by atoms with Gasteiger partial charge in [0, 0.05) is 23.4 Å². The highest BCUT2D eigenvalue weighted by atomic mass is 19.2. The molecule has 2 aromatic rings. The molecule has 4 nitrogen and oxygen atoms in total. The van der Waals surface area contributed by atoms with Gasteiger partial charge >= 0.3 is 0 Å². The first kappa shape index (κ1) is 14.7. The standard InChI is InChI=1S/C14H11F3N2O2/c15-10-4-7(5-11(16)13(10)17)14(21)19-6-8-3-9(18)1-2-12(8)20/h1-5,20H,6,18H2,(H,19,21). The zero-order valence-electron chi connectivity index (χ0n) is 10.7. The van der Waals surface area contributed by atoms with Crippen LogP contribution in [0.25, 0.3) is 0 Å². The number of amides is 1. The minimum absolute atomic E-state index is 0.0824. The van der Waals surface area contributed by atoms with E-state index in [4.69, 9.17) is 5.73 Å². The minimum Gasteiger partial charge on any atom is -0.508 e. The molecule has 7 heteroatoms. The summed E-state index contributed by atoms with van der Waals surface area (Å²) in [7, 11) is 0. The van der Waals surface area contributed by atoms with Crippen molar-refractivity contribution in [3.8, 4) is 5.75 Å². The first-order valence-corrected chi connectivity index (χ1v) is 5.88. The van der Waals surface area contributed by atoms with Crippen molar-refractivity contribution in [1.29, 1.82) is 0 Å². The molecule has 4 N–H and O–H groups in total. The summed E-state index contributed by atoms with van der Waals surface area (Å²) in [5, 5.41) is 11.9. The van der Waals surface area contributed by atoms with Gasteiger partial charge in [-0.15, -0.1) is 0 Å². The fraction of sp³-hybridized carbons (Fsp3) is 0.0714. The SMILES string of the molecule is Nc1ccc(O)c(CNC(=O)c2cc(F)c(F)c(F)c2)c1. The number of halogens is 3. The van der Waals surface area contributed by atoms with Crippen molar-refractivity contribution in [1.82, 2.24) is 5.32 Å². The summed E-state index contributed by atoms with van der Waals surface area (Å²) in [5.74, 6) is -5.44. The summed E-state index contributed by atoms with van der Waals surface area (Å²) in [6, 6.07) is 5.46. The van der Waals surface area contributed by atoms with E-state index >= 15 is 0 Å². The van der Waals surface area contributed by atoms with Gasteiger partial charge in [-0.3, -0.25) is 4.79 Å². The lowest BCUT2D eigenvalue weighted by Crippen LogP contribution is -2.23. The van der Waals surface area contributed by atoms with Crippen molar-refractivity contribution in [2.75, 3.05) is 5.73 Å². The Morgan fingerprint density at radius 1 is 1.14 bits per heavy atom. The van der Waals surface area contributed by atoms with Crippen molar-refractivity contribution in [2.45, 2.75) is 6.54 Å². The van der Waals surface area contributed by atoms with Crippen LogP contribution in [0.1, 0.15) is 15.9 Å². The van der Waals surface area contributed by atoms with Gasteiger partial charge in [0.2, 0.25) is 0 Å². The highest BCUT2D eigenvalue weighted by molar-refractivity contribution is 5.94. The summed E-state index contributed by atoms with van der Waals surface area (Å²) in [4.78, 5) is 11.8. The lowest BCUT2D eigenvalue weighted by Gasteiger charge is -2.08. The minimum atomic E-state index is -1.64. The fourth-order valence-electron chi connectivity index (χ4n) is 1.71. The zero-order chi connectivity index (χ0) is 15.6. The van der Waals surface area contributed by atoms with Crippen LogP contribution in [0.5, 0.6) is 5.75 Å². The Bertz CT molecular complexity index is 682. The van der Waals surface area contributed by atoms with Crippen LogP contribution in [0, 0.1) is 17.5 Å². The first-order valence-electron chi connectivity index (χ1n) is 5.88. The number of rotatable bonds is 3. The third-order valence-corrected chi connectivity index (χ3v) is 2.79. The van der Waals surface area contributed by atoms with Gasteiger partial charge in [-0.2, -0.15) is 0 Å². The Hall–Kier alpha value is -2.70. The Kier molecular flexibility index (Phi) is 4.02. The number of carbonyl (C=O) groups excluding carboxylic acids is 1. The normalized spacial score (nSPS) is 10.4. The van der Waals surface area contributed by atoms with Gasteiger partial charge in [0.1, 0.15) is 5.75 Å². The van der Waals surface area contributed by atoms with E-state index in [1.807, 2.05) is 0 Å². The second kappa shape index (κ2) is 5.74. The number of nitrogens with two attached hydrogens (primary N) is 1. The predicted octanol–water partition coefficient (Wildman–Crippen LogP) is 2.32. The molecule has 0 aliphatic heterocycles. The highest BCUT2D eigenvalue weighted by Gasteiger charge is 2.15. The molecule has 0 bridgehead atoms. The number of anilines is 1. The van der Waals surface area contributed by atoms with Crippen molar-refractivity contribution < 1.29 is 23.1 Å². The molecular formula is C14H11F3N2O2. The van der Waals surface area contributed by atoms with E-state index in [9.17, 15) is 23.1 Å². The zero-order valence-corrected chi connectivity index (χ0v) is 10.7. The smallest absolute Gasteiger partial charge is 0.251 e. The number of nitrogen functional groups attached to an aromatic ring is 1. The van der Waals surface area contributed by atoms with Crippen LogP contribution in [0.4, 0.5) is 18.9 Å². The van der Waals surface area contributed by atoms with Gasteiger partial charge in [-0.05, 0) is 30.3 Å². The Balaban J connectivity index is 2.13. The number of aromatic hydroxyl groups is 1. The van der Waals surface area contributed by atoms with Crippen LogP contribution < -0.4 is 11.1 Å². The molecule has 2 aromatic carbocycles. The molecule has 0 aromatic heterocycles. The molecule has 0 aliphatic rings. The molecule has 0 unspecified atom stereocenters. The van der Waals surface area contributed by atoms with Crippen LogP contribution >= 0.6 is 0 Å². The summed E-state index contributed by atoms with van der Waals surface area (Å²) in [6.45, 7) is -0.101. The molecule has 1 amide bonds. The maximum atomic E-state index is 13.0. The van der Waals surface area contributed by atoms with Gasteiger partial charge in [-0.25, -0.2) is 13.2 Å². The van der Waals surface area contributed by atoms with Gasteiger partial charge in [0.05, 0.1) is 0 Å². The van der Waals surface area contributed by atoms with Crippen LogP contribution in [0.15, 0.2) is 30.3 Å². The number of hydrogen-bond donors (Lipinski definition) is 3. The molecule has 0 heterocycles. The Morgan fingerprint density at radius 3 is 2.38 bits per heavy atom. The van der Waals surface area contributed by atoms with Gasteiger partial charge in [0.25, 0.3) is 5.91 Å².